The lowest BCUT2D eigenvalue weighted by Crippen LogP contribution is -2.47. The van der Waals surface area contributed by atoms with E-state index in [1.54, 1.807) is 18.2 Å². The second-order valence-corrected chi connectivity index (χ2v) is 7.28. The average molecular weight is 397 g/mol. The number of unbranched alkanes of at least 4 members (excludes halogenated alkanes) is 1. The number of piperazine rings is 1. The minimum atomic E-state index is -0.151. The standard InChI is InChI=1S/C23H29FN4O/c24-21-5-1-2-6-22(21)28-17-15-27(16-18-28)14-4-3-13-26-23(29)12-9-19-7-10-20(25)11-8-19/h1-2,5-12H,3-4,13-18,25H2,(H,26,29)/b12-9+. The van der Waals surface area contributed by atoms with E-state index in [9.17, 15) is 9.18 Å². The predicted molar refractivity (Wildman–Crippen MR) is 117 cm³/mol. The molecule has 0 atom stereocenters. The summed E-state index contributed by atoms with van der Waals surface area (Å²) in [5.74, 6) is -0.234. The molecule has 1 amide bonds. The lowest BCUT2D eigenvalue weighted by molar-refractivity contribution is -0.116. The third-order valence-electron chi connectivity index (χ3n) is 5.13. The molecule has 1 saturated heterocycles. The average Bonchev–Trinajstić information content (AvgIpc) is 2.74. The van der Waals surface area contributed by atoms with Crippen LogP contribution in [0.2, 0.25) is 0 Å². The second-order valence-electron chi connectivity index (χ2n) is 7.28. The summed E-state index contributed by atoms with van der Waals surface area (Å²) in [6.07, 6.45) is 5.30. The van der Waals surface area contributed by atoms with Gasteiger partial charge in [-0.1, -0.05) is 24.3 Å². The first-order valence-electron chi connectivity index (χ1n) is 10.1. The fraction of sp³-hybridized carbons (Fsp3) is 0.348. The number of nitrogen functional groups attached to an aromatic ring is 1. The van der Waals surface area contributed by atoms with Gasteiger partial charge in [0.15, 0.2) is 0 Å². The maximum atomic E-state index is 13.9. The fourth-order valence-corrected chi connectivity index (χ4v) is 3.43. The van der Waals surface area contributed by atoms with Crippen LogP contribution < -0.4 is 16.0 Å². The lowest BCUT2D eigenvalue weighted by Gasteiger charge is -2.36. The van der Waals surface area contributed by atoms with Gasteiger partial charge in [0.1, 0.15) is 5.82 Å². The van der Waals surface area contributed by atoms with Crippen molar-refractivity contribution in [3.63, 3.8) is 0 Å². The van der Waals surface area contributed by atoms with Crippen molar-refractivity contribution in [3.8, 4) is 0 Å². The van der Waals surface area contributed by atoms with Gasteiger partial charge in [0.05, 0.1) is 5.69 Å². The van der Waals surface area contributed by atoms with Gasteiger partial charge in [-0.05, 0) is 55.3 Å². The van der Waals surface area contributed by atoms with Crippen molar-refractivity contribution in [2.45, 2.75) is 12.8 Å². The topological polar surface area (TPSA) is 61.6 Å². The van der Waals surface area contributed by atoms with Crippen LogP contribution in [-0.4, -0.2) is 50.1 Å². The van der Waals surface area contributed by atoms with Crippen LogP contribution in [-0.2, 0) is 4.79 Å². The largest absolute Gasteiger partial charge is 0.399 e. The molecule has 3 N–H and O–H groups in total. The molecule has 0 aromatic heterocycles. The van der Waals surface area contributed by atoms with E-state index in [1.807, 2.05) is 36.4 Å². The minimum Gasteiger partial charge on any atom is -0.399 e. The first-order valence-corrected chi connectivity index (χ1v) is 10.1. The number of hydrogen-bond donors (Lipinski definition) is 2. The molecule has 1 heterocycles. The number of anilines is 2. The molecule has 2 aromatic carbocycles. The molecule has 0 spiro atoms. The summed E-state index contributed by atoms with van der Waals surface area (Å²) in [7, 11) is 0. The molecule has 0 aliphatic carbocycles. The van der Waals surface area contributed by atoms with Gasteiger partial charge in [-0.15, -0.1) is 0 Å². The van der Waals surface area contributed by atoms with E-state index in [4.69, 9.17) is 5.73 Å². The van der Waals surface area contributed by atoms with Crippen LogP contribution in [0.5, 0.6) is 0 Å². The van der Waals surface area contributed by atoms with E-state index in [0.29, 0.717) is 17.9 Å². The van der Waals surface area contributed by atoms with Gasteiger partial charge in [0.2, 0.25) is 5.91 Å². The van der Waals surface area contributed by atoms with E-state index in [2.05, 4.69) is 15.1 Å². The quantitative estimate of drug-likeness (QED) is 0.409. The number of para-hydroxylation sites is 1. The molecule has 1 fully saturated rings. The Morgan fingerprint density at radius 2 is 1.76 bits per heavy atom. The molecule has 1 aliphatic rings. The summed E-state index contributed by atoms with van der Waals surface area (Å²) >= 11 is 0. The number of nitrogens with two attached hydrogens (primary N) is 1. The van der Waals surface area contributed by atoms with Crippen LogP contribution >= 0.6 is 0 Å². The molecule has 6 heteroatoms. The Bertz CT molecular complexity index is 814. The maximum Gasteiger partial charge on any atom is 0.243 e. The summed E-state index contributed by atoms with van der Waals surface area (Å²) in [5, 5.41) is 2.92. The van der Waals surface area contributed by atoms with Crippen LogP contribution in [0.3, 0.4) is 0 Å². The molecule has 0 unspecified atom stereocenters. The molecule has 3 rings (SSSR count). The number of hydrogen-bond acceptors (Lipinski definition) is 4. The van der Waals surface area contributed by atoms with Gasteiger partial charge in [0.25, 0.3) is 0 Å². The van der Waals surface area contributed by atoms with Crippen molar-refractivity contribution in [1.29, 1.82) is 0 Å². The summed E-state index contributed by atoms with van der Waals surface area (Å²) in [4.78, 5) is 16.4. The number of amides is 1. The van der Waals surface area contributed by atoms with Gasteiger partial charge in [-0.2, -0.15) is 0 Å². The number of nitrogens with zero attached hydrogens (tertiary/aromatic N) is 2. The van der Waals surface area contributed by atoms with Crippen LogP contribution in [0.4, 0.5) is 15.8 Å². The van der Waals surface area contributed by atoms with Crippen molar-refractivity contribution in [2.75, 3.05) is 49.9 Å². The molecule has 0 radical (unpaired) electrons. The summed E-state index contributed by atoms with van der Waals surface area (Å²) in [6, 6.07) is 14.3. The van der Waals surface area contributed by atoms with Gasteiger partial charge in [-0.25, -0.2) is 4.39 Å². The molecule has 0 bridgehead atoms. The summed E-state index contributed by atoms with van der Waals surface area (Å²) in [6.45, 7) is 5.22. The van der Waals surface area contributed by atoms with Crippen molar-refractivity contribution in [1.82, 2.24) is 10.2 Å². The normalized spacial score (nSPS) is 15.0. The molecular formula is C23H29FN4O. The first-order chi connectivity index (χ1) is 14.1. The highest BCUT2D eigenvalue weighted by Gasteiger charge is 2.18. The summed E-state index contributed by atoms with van der Waals surface area (Å²) < 4.78 is 13.9. The Morgan fingerprint density at radius 3 is 2.48 bits per heavy atom. The van der Waals surface area contributed by atoms with E-state index in [0.717, 1.165) is 51.1 Å². The smallest absolute Gasteiger partial charge is 0.243 e. The fourth-order valence-electron chi connectivity index (χ4n) is 3.43. The van der Waals surface area contributed by atoms with Crippen LogP contribution in [0, 0.1) is 5.82 Å². The van der Waals surface area contributed by atoms with Crippen LogP contribution in [0.25, 0.3) is 6.08 Å². The van der Waals surface area contributed by atoms with Gasteiger partial charge in [0, 0.05) is 44.5 Å². The minimum absolute atomic E-state index is 0.0830. The highest BCUT2D eigenvalue weighted by molar-refractivity contribution is 5.91. The Hall–Kier alpha value is -2.86. The molecule has 1 aliphatic heterocycles. The Kier molecular flexibility index (Phi) is 7.64. The van der Waals surface area contributed by atoms with E-state index in [-0.39, 0.29) is 11.7 Å². The van der Waals surface area contributed by atoms with Crippen molar-refractivity contribution >= 4 is 23.4 Å². The molecule has 0 saturated carbocycles. The van der Waals surface area contributed by atoms with E-state index in [1.165, 1.54) is 6.07 Å². The zero-order chi connectivity index (χ0) is 20.5. The highest BCUT2D eigenvalue weighted by Crippen LogP contribution is 2.20. The maximum absolute atomic E-state index is 13.9. The molecular weight excluding hydrogens is 367 g/mol. The van der Waals surface area contributed by atoms with Gasteiger partial charge < -0.3 is 16.0 Å². The van der Waals surface area contributed by atoms with Crippen molar-refractivity contribution < 1.29 is 9.18 Å². The Labute approximate surface area is 172 Å². The molecule has 29 heavy (non-hydrogen) atoms. The van der Waals surface area contributed by atoms with E-state index >= 15 is 0 Å². The van der Waals surface area contributed by atoms with Crippen molar-refractivity contribution in [3.05, 3.63) is 66.0 Å². The number of benzene rings is 2. The summed E-state index contributed by atoms with van der Waals surface area (Å²) in [5.41, 5.74) is 8.00. The number of nitrogens with one attached hydrogen (secondary N) is 1. The zero-order valence-corrected chi connectivity index (χ0v) is 16.7. The predicted octanol–water partition coefficient (Wildman–Crippen LogP) is 3.14. The highest BCUT2D eigenvalue weighted by atomic mass is 19.1. The first kappa shape index (κ1) is 20.9. The molecule has 2 aromatic rings. The zero-order valence-electron chi connectivity index (χ0n) is 16.7. The third kappa shape index (κ3) is 6.61. The van der Waals surface area contributed by atoms with Crippen molar-refractivity contribution in [2.24, 2.45) is 0 Å². The van der Waals surface area contributed by atoms with Crippen LogP contribution in [0.15, 0.2) is 54.6 Å². The molecule has 154 valence electrons. The SMILES string of the molecule is Nc1ccc(/C=C/C(=O)NCCCCN2CCN(c3ccccc3F)CC2)cc1. The monoisotopic (exact) mass is 396 g/mol. The third-order valence-corrected chi connectivity index (χ3v) is 5.13. The second kappa shape index (κ2) is 10.6. The number of carbonyl (C=O) groups excluding carboxylic acids is 1. The van der Waals surface area contributed by atoms with Crippen LogP contribution in [0.1, 0.15) is 18.4 Å². The Balaban J connectivity index is 1.28. The van der Waals surface area contributed by atoms with Gasteiger partial charge in [-0.3, -0.25) is 9.69 Å². The Morgan fingerprint density at radius 1 is 1.03 bits per heavy atom. The van der Waals surface area contributed by atoms with E-state index < -0.39 is 0 Å². The molecule has 5 nitrogen and oxygen atoms in total. The lowest BCUT2D eigenvalue weighted by atomic mass is 10.2. The number of carbonyl (C=O) groups is 1. The number of rotatable bonds is 8. The van der Waals surface area contributed by atoms with Gasteiger partial charge >= 0.3 is 0 Å². The number of halogens is 1.